The maximum absolute atomic E-state index is 12.3. The molecule has 0 spiro atoms. The van der Waals surface area contributed by atoms with E-state index in [2.05, 4.69) is 11.9 Å². The number of benzene rings is 1. The summed E-state index contributed by atoms with van der Waals surface area (Å²) >= 11 is 0. The standard InChI is InChI=1S/C16H23N3O2/c1-4-5-10-16(3,21)11(2)14-18-13-9-7-6-8-12(13)15(20)19(14)17/h6-9,11,21H,4-5,10,17H2,1-3H3. The highest BCUT2D eigenvalue weighted by molar-refractivity contribution is 5.77. The minimum absolute atomic E-state index is 0.284. The Kier molecular flexibility index (Phi) is 4.32. The molecule has 0 aliphatic heterocycles. The second kappa shape index (κ2) is 5.85. The summed E-state index contributed by atoms with van der Waals surface area (Å²) in [5.41, 5.74) is -0.620. The van der Waals surface area contributed by atoms with Crippen LogP contribution in [0, 0.1) is 0 Å². The van der Waals surface area contributed by atoms with E-state index in [1.54, 1.807) is 25.1 Å². The van der Waals surface area contributed by atoms with Crippen molar-refractivity contribution in [1.82, 2.24) is 9.66 Å². The molecule has 1 aromatic carbocycles. The molecule has 0 fully saturated rings. The van der Waals surface area contributed by atoms with Crippen LogP contribution in [-0.2, 0) is 0 Å². The Morgan fingerprint density at radius 3 is 2.76 bits per heavy atom. The summed E-state index contributed by atoms with van der Waals surface area (Å²) in [6, 6.07) is 7.11. The fraction of sp³-hybridized carbons (Fsp3) is 0.500. The maximum atomic E-state index is 12.3. The monoisotopic (exact) mass is 289 g/mol. The molecule has 0 aliphatic carbocycles. The normalized spacial score (nSPS) is 15.8. The number of nitrogens with two attached hydrogens (primary N) is 1. The predicted molar refractivity (Wildman–Crippen MR) is 84.7 cm³/mol. The average molecular weight is 289 g/mol. The molecular formula is C16H23N3O2. The Balaban J connectivity index is 2.51. The number of fused-ring (bicyclic) bond motifs is 1. The lowest BCUT2D eigenvalue weighted by molar-refractivity contribution is 0.0220. The third-order valence-corrected chi connectivity index (χ3v) is 4.19. The highest BCUT2D eigenvalue weighted by Crippen LogP contribution is 2.30. The lowest BCUT2D eigenvalue weighted by Crippen LogP contribution is -2.39. The number of hydrogen-bond donors (Lipinski definition) is 2. The van der Waals surface area contributed by atoms with E-state index in [0.29, 0.717) is 23.1 Å². The molecule has 0 radical (unpaired) electrons. The van der Waals surface area contributed by atoms with Crippen molar-refractivity contribution in [1.29, 1.82) is 0 Å². The summed E-state index contributed by atoms with van der Waals surface area (Å²) in [7, 11) is 0. The van der Waals surface area contributed by atoms with Gasteiger partial charge in [-0.25, -0.2) is 9.66 Å². The highest BCUT2D eigenvalue weighted by atomic mass is 16.3. The van der Waals surface area contributed by atoms with Crippen LogP contribution in [-0.4, -0.2) is 20.4 Å². The van der Waals surface area contributed by atoms with Gasteiger partial charge in [0.05, 0.1) is 16.5 Å². The number of unbranched alkanes of at least 4 members (excludes halogenated alkanes) is 1. The van der Waals surface area contributed by atoms with Crippen molar-refractivity contribution in [2.75, 3.05) is 5.84 Å². The van der Waals surface area contributed by atoms with Gasteiger partial charge in [0.2, 0.25) is 0 Å². The summed E-state index contributed by atoms with van der Waals surface area (Å²) < 4.78 is 1.06. The number of nitrogens with zero attached hydrogens (tertiary/aromatic N) is 2. The number of para-hydroxylation sites is 1. The lowest BCUT2D eigenvalue weighted by atomic mass is 9.85. The summed E-state index contributed by atoms with van der Waals surface area (Å²) in [6.07, 6.45) is 2.57. The van der Waals surface area contributed by atoms with Gasteiger partial charge in [-0.15, -0.1) is 0 Å². The van der Waals surface area contributed by atoms with Crippen LogP contribution in [0.4, 0.5) is 0 Å². The van der Waals surface area contributed by atoms with Crippen molar-refractivity contribution < 1.29 is 5.11 Å². The number of rotatable bonds is 5. The first-order valence-electron chi connectivity index (χ1n) is 7.37. The van der Waals surface area contributed by atoms with Gasteiger partial charge in [0.1, 0.15) is 5.82 Å². The first kappa shape index (κ1) is 15.5. The third kappa shape index (κ3) is 2.93. The molecule has 2 unspecified atom stereocenters. The third-order valence-electron chi connectivity index (χ3n) is 4.19. The van der Waals surface area contributed by atoms with Crippen LogP contribution < -0.4 is 11.4 Å². The second-order valence-electron chi connectivity index (χ2n) is 5.84. The molecule has 1 heterocycles. The topological polar surface area (TPSA) is 81.1 Å². The minimum atomic E-state index is -0.945. The Labute approximate surface area is 124 Å². The number of nitrogen functional groups attached to an aromatic ring is 1. The number of hydrogen-bond acceptors (Lipinski definition) is 4. The summed E-state index contributed by atoms with van der Waals surface area (Å²) in [6.45, 7) is 5.71. The van der Waals surface area contributed by atoms with Gasteiger partial charge >= 0.3 is 0 Å². The molecule has 5 nitrogen and oxygen atoms in total. The zero-order chi connectivity index (χ0) is 15.6. The molecule has 0 aliphatic rings. The van der Waals surface area contributed by atoms with Crippen molar-refractivity contribution in [3.05, 3.63) is 40.4 Å². The molecule has 5 heteroatoms. The van der Waals surface area contributed by atoms with Gasteiger partial charge in [-0.05, 0) is 25.5 Å². The van der Waals surface area contributed by atoms with Crippen LogP contribution in [0.3, 0.4) is 0 Å². The van der Waals surface area contributed by atoms with Gasteiger partial charge in [-0.3, -0.25) is 4.79 Å². The summed E-state index contributed by atoms with van der Waals surface area (Å²) in [5, 5.41) is 11.1. The van der Waals surface area contributed by atoms with E-state index in [9.17, 15) is 9.90 Å². The van der Waals surface area contributed by atoms with E-state index < -0.39 is 5.60 Å². The van der Waals surface area contributed by atoms with Crippen LogP contribution in [0.2, 0.25) is 0 Å². The van der Waals surface area contributed by atoms with Gasteiger partial charge in [-0.2, -0.15) is 0 Å². The fourth-order valence-electron chi connectivity index (χ4n) is 2.50. The minimum Gasteiger partial charge on any atom is -0.389 e. The van der Waals surface area contributed by atoms with Crippen molar-refractivity contribution in [2.24, 2.45) is 0 Å². The molecule has 2 aromatic rings. The quantitative estimate of drug-likeness (QED) is 0.826. The highest BCUT2D eigenvalue weighted by Gasteiger charge is 2.32. The Bertz CT molecular complexity index is 691. The molecule has 114 valence electrons. The van der Waals surface area contributed by atoms with E-state index in [0.717, 1.165) is 17.5 Å². The van der Waals surface area contributed by atoms with Gasteiger partial charge < -0.3 is 10.9 Å². The molecule has 0 bridgehead atoms. The van der Waals surface area contributed by atoms with Crippen molar-refractivity contribution in [3.8, 4) is 0 Å². The van der Waals surface area contributed by atoms with Crippen LogP contribution in [0.5, 0.6) is 0 Å². The predicted octanol–water partition coefficient (Wildman–Crippen LogP) is 2.15. The Morgan fingerprint density at radius 1 is 1.43 bits per heavy atom. The zero-order valence-corrected chi connectivity index (χ0v) is 12.8. The van der Waals surface area contributed by atoms with Crippen molar-refractivity contribution >= 4 is 10.9 Å². The largest absolute Gasteiger partial charge is 0.389 e. The smallest absolute Gasteiger partial charge is 0.279 e. The molecule has 2 rings (SSSR count). The van der Waals surface area contributed by atoms with Crippen LogP contribution in [0.1, 0.15) is 51.8 Å². The van der Waals surface area contributed by atoms with E-state index in [-0.39, 0.29) is 11.5 Å². The SMILES string of the molecule is CCCCC(C)(O)C(C)c1nc2ccccc2c(=O)n1N. The Hall–Kier alpha value is -1.88. The van der Waals surface area contributed by atoms with E-state index in [4.69, 9.17) is 5.84 Å². The molecular weight excluding hydrogens is 266 g/mol. The maximum Gasteiger partial charge on any atom is 0.279 e. The Morgan fingerprint density at radius 2 is 2.10 bits per heavy atom. The average Bonchev–Trinajstić information content (AvgIpc) is 2.48. The zero-order valence-electron chi connectivity index (χ0n) is 12.8. The van der Waals surface area contributed by atoms with Gasteiger partial charge in [0, 0.05) is 5.92 Å². The number of aromatic nitrogens is 2. The summed E-state index contributed by atoms with van der Waals surface area (Å²) in [5.74, 6) is 5.99. The molecule has 0 saturated heterocycles. The molecule has 0 amide bonds. The van der Waals surface area contributed by atoms with E-state index in [1.165, 1.54) is 0 Å². The van der Waals surface area contributed by atoms with Crippen LogP contribution in [0.15, 0.2) is 29.1 Å². The summed E-state index contributed by atoms with van der Waals surface area (Å²) in [4.78, 5) is 16.8. The molecule has 0 saturated carbocycles. The lowest BCUT2D eigenvalue weighted by Gasteiger charge is -2.30. The second-order valence-corrected chi connectivity index (χ2v) is 5.84. The molecule has 2 atom stereocenters. The molecule has 21 heavy (non-hydrogen) atoms. The molecule has 1 aromatic heterocycles. The van der Waals surface area contributed by atoms with Gasteiger partial charge in [0.25, 0.3) is 5.56 Å². The van der Waals surface area contributed by atoms with Crippen molar-refractivity contribution in [3.63, 3.8) is 0 Å². The number of aliphatic hydroxyl groups is 1. The van der Waals surface area contributed by atoms with E-state index >= 15 is 0 Å². The first-order valence-corrected chi connectivity index (χ1v) is 7.37. The van der Waals surface area contributed by atoms with Crippen molar-refractivity contribution in [2.45, 2.75) is 51.6 Å². The van der Waals surface area contributed by atoms with Gasteiger partial charge in [0.15, 0.2) is 0 Å². The van der Waals surface area contributed by atoms with Crippen LogP contribution in [0.25, 0.3) is 10.9 Å². The first-order chi connectivity index (χ1) is 9.88. The van der Waals surface area contributed by atoms with Gasteiger partial charge in [-0.1, -0.05) is 38.8 Å². The molecule has 3 N–H and O–H groups in total. The van der Waals surface area contributed by atoms with Crippen LogP contribution >= 0.6 is 0 Å². The van der Waals surface area contributed by atoms with E-state index in [1.807, 2.05) is 13.0 Å². The fourth-order valence-corrected chi connectivity index (χ4v) is 2.50.